The number of carbonyl (C=O) groups is 1. The van der Waals surface area contributed by atoms with E-state index in [1.165, 1.54) is 12.1 Å². The smallest absolute Gasteiger partial charge is 0.254 e. The third-order valence-corrected chi connectivity index (χ3v) is 3.90. The Labute approximate surface area is 121 Å². The Hall–Kier alpha value is -1.88. The summed E-state index contributed by atoms with van der Waals surface area (Å²) in [6.07, 6.45) is 0. The number of benzene rings is 1. The SMILES string of the molecule is CC(C)N(Cc1cccs1)C(=O)c1ccc(N)c(F)c1. The van der Waals surface area contributed by atoms with Crippen LogP contribution in [0.3, 0.4) is 0 Å². The molecule has 106 valence electrons. The van der Waals surface area contributed by atoms with Crippen molar-refractivity contribution in [2.75, 3.05) is 5.73 Å². The van der Waals surface area contributed by atoms with Gasteiger partial charge in [-0.1, -0.05) is 6.07 Å². The predicted octanol–water partition coefficient (Wildman–Crippen LogP) is 3.52. The third-order valence-electron chi connectivity index (χ3n) is 3.04. The molecule has 0 spiro atoms. The quantitative estimate of drug-likeness (QED) is 0.876. The lowest BCUT2D eigenvalue weighted by Crippen LogP contribution is -2.36. The lowest BCUT2D eigenvalue weighted by Gasteiger charge is -2.26. The Morgan fingerprint density at radius 2 is 2.15 bits per heavy atom. The molecule has 1 heterocycles. The molecule has 1 amide bonds. The maximum absolute atomic E-state index is 13.5. The van der Waals surface area contributed by atoms with Crippen LogP contribution in [0.2, 0.25) is 0 Å². The van der Waals surface area contributed by atoms with Gasteiger partial charge in [-0.25, -0.2) is 4.39 Å². The first-order chi connectivity index (χ1) is 9.49. The summed E-state index contributed by atoms with van der Waals surface area (Å²) in [5, 5.41) is 1.97. The van der Waals surface area contributed by atoms with Crippen LogP contribution in [0.25, 0.3) is 0 Å². The summed E-state index contributed by atoms with van der Waals surface area (Å²) >= 11 is 1.60. The van der Waals surface area contributed by atoms with E-state index in [2.05, 4.69) is 0 Å². The van der Waals surface area contributed by atoms with Crippen LogP contribution >= 0.6 is 11.3 Å². The maximum Gasteiger partial charge on any atom is 0.254 e. The first-order valence-electron chi connectivity index (χ1n) is 6.37. The summed E-state index contributed by atoms with van der Waals surface area (Å²) in [6, 6.07) is 8.14. The summed E-state index contributed by atoms with van der Waals surface area (Å²) in [6.45, 7) is 4.42. The Kier molecular flexibility index (Phi) is 4.39. The van der Waals surface area contributed by atoms with Gasteiger partial charge >= 0.3 is 0 Å². The summed E-state index contributed by atoms with van der Waals surface area (Å²) in [5.74, 6) is -0.747. The summed E-state index contributed by atoms with van der Waals surface area (Å²) in [5.41, 5.74) is 5.81. The minimum absolute atomic E-state index is 0.0326. The number of halogens is 1. The molecule has 0 atom stereocenters. The van der Waals surface area contributed by atoms with Gasteiger partial charge in [0.15, 0.2) is 0 Å². The van der Waals surface area contributed by atoms with E-state index in [9.17, 15) is 9.18 Å². The molecule has 0 aliphatic heterocycles. The second-order valence-electron chi connectivity index (χ2n) is 4.84. The van der Waals surface area contributed by atoms with Gasteiger partial charge in [0.05, 0.1) is 12.2 Å². The zero-order valence-electron chi connectivity index (χ0n) is 11.5. The maximum atomic E-state index is 13.5. The standard InChI is InChI=1S/C15H17FN2OS/c1-10(2)18(9-12-4-3-7-20-12)15(19)11-5-6-14(17)13(16)8-11/h3-8,10H,9,17H2,1-2H3. The number of thiophene rings is 1. The van der Waals surface area contributed by atoms with Crippen molar-refractivity contribution in [1.29, 1.82) is 0 Å². The van der Waals surface area contributed by atoms with Crippen molar-refractivity contribution in [2.45, 2.75) is 26.4 Å². The van der Waals surface area contributed by atoms with E-state index in [-0.39, 0.29) is 17.6 Å². The number of hydrogen-bond donors (Lipinski definition) is 1. The number of anilines is 1. The molecule has 1 aromatic heterocycles. The fourth-order valence-electron chi connectivity index (χ4n) is 1.89. The molecule has 5 heteroatoms. The minimum Gasteiger partial charge on any atom is -0.396 e. The van der Waals surface area contributed by atoms with Gasteiger partial charge in [0.2, 0.25) is 0 Å². The Bertz CT molecular complexity index is 596. The molecule has 0 radical (unpaired) electrons. The average Bonchev–Trinajstić information content (AvgIpc) is 2.91. The number of carbonyl (C=O) groups excluding carboxylic acids is 1. The van der Waals surface area contributed by atoms with Crippen LogP contribution in [0.15, 0.2) is 35.7 Å². The number of nitrogens with zero attached hydrogens (tertiary/aromatic N) is 1. The monoisotopic (exact) mass is 292 g/mol. The van der Waals surface area contributed by atoms with Crippen LogP contribution in [0.4, 0.5) is 10.1 Å². The molecule has 2 N–H and O–H groups in total. The van der Waals surface area contributed by atoms with Gasteiger partial charge in [-0.3, -0.25) is 4.79 Å². The molecule has 0 aliphatic carbocycles. The number of amides is 1. The Morgan fingerprint density at radius 3 is 2.70 bits per heavy atom. The van der Waals surface area contributed by atoms with Gasteiger partial charge in [-0.2, -0.15) is 0 Å². The molecule has 1 aromatic carbocycles. The fraction of sp³-hybridized carbons (Fsp3) is 0.267. The van der Waals surface area contributed by atoms with Crippen molar-refractivity contribution in [3.05, 3.63) is 52.0 Å². The predicted molar refractivity (Wildman–Crippen MR) is 80.1 cm³/mol. The highest BCUT2D eigenvalue weighted by Crippen LogP contribution is 2.19. The van der Waals surface area contributed by atoms with E-state index in [4.69, 9.17) is 5.73 Å². The molecule has 0 saturated carbocycles. The second-order valence-corrected chi connectivity index (χ2v) is 5.87. The molecule has 2 rings (SSSR count). The van der Waals surface area contributed by atoms with E-state index in [0.717, 1.165) is 4.88 Å². The highest BCUT2D eigenvalue weighted by atomic mass is 32.1. The van der Waals surface area contributed by atoms with E-state index in [1.54, 1.807) is 22.3 Å². The number of rotatable bonds is 4. The first-order valence-corrected chi connectivity index (χ1v) is 7.25. The van der Waals surface area contributed by atoms with Gasteiger partial charge in [0.1, 0.15) is 5.82 Å². The zero-order chi connectivity index (χ0) is 14.7. The van der Waals surface area contributed by atoms with Crippen LogP contribution in [0, 0.1) is 5.82 Å². The van der Waals surface area contributed by atoms with Gasteiger partial charge in [0.25, 0.3) is 5.91 Å². The van der Waals surface area contributed by atoms with E-state index >= 15 is 0 Å². The summed E-state index contributed by atoms with van der Waals surface area (Å²) in [7, 11) is 0. The van der Waals surface area contributed by atoms with E-state index in [0.29, 0.717) is 12.1 Å². The topological polar surface area (TPSA) is 46.3 Å². The van der Waals surface area contributed by atoms with Crippen molar-refractivity contribution in [1.82, 2.24) is 4.90 Å². The zero-order valence-corrected chi connectivity index (χ0v) is 12.3. The number of nitrogen functional groups attached to an aromatic ring is 1. The lowest BCUT2D eigenvalue weighted by atomic mass is 10.1. The third kappa shape index (κ3) is 3.17. The Morgan fingerprint density at radius 1 is 1.40 bits per heavy atom. The van der Waals surface area contributed by atoms with Crippen molar-refractivity contribution in [3.63, 3.8) is 0 Å². The normalized spacial score (nSPS) is 10.8. The molecule has 2 aromatic rings. The first kappa shape index (κ1) is 14.5. The van der Waals surface area contributed by atoms with Gasteiger partial charge < -0.3 is 10.6 Å². The number of hydrogen-bond acceptors (Lipinski definition) is 3. The van der Waals surface area contributed by atoms with Crippen molar-refractivity contribution >= 4 is 22.9 Å². The van der Waals surface area contributed by atoms with Gasteiger partial charge in [0, 0.05) is 16.5 Å². The highest BCUT2D eigenvalue weighted by molar-refractivity contribution is 7.09. The molecule has 0 bridgehead atoms. The van der Waals surface area contributed by atoms with Crippen molar-refractivity contribution in [2.24, 2.45) is 0 Å². The number of nitrogens with two attached hydrogens (primary N) is 1. The van der Waals surface area contributed by atoms with Crippen LogP contribution in [-0.2, 0) is 6.54 Å². The minimum atomic E-state index is -0.560. The molecular weight excluding hydrogens is 275 g/mol. The van der Waals surface area contributed by atoms with Crippen molar-refractivity contribution < 1.29 is 9.18 Å². The van der Waals surface area contributed by atoms with Crippen LogP contribution < -0.4 is 5.73 Å². The molecule has 0 fully saturated rings. The molecule has 3 nitrogen and oxygen atoms in total. The molecule has 20 heavy (non-hydrogen) atoms. The molecule has 0 aliphatic rings. The molecular formula is C15H17FN2OS. The Balaban J connectivity index is 2.24. The van der Waals surface area contributed by atoms with E-state index in [1.807, 2.05) is 31.4 Å². The highest BCUT2D eigenvalue weighted by Gasteiger charge is 2.20. The van der Waals surface area contributed by atoms with E-state index < -0.39 is 5.82 Å². The molecule has 0 saturated heterocycles. The molecule has 0 unspecified atom stereocenters. The van der Waals surface area contributed by atoms with Crippen LogP contribution in [-0.4, -0.2) is 16.8 Å². The second kappa shape index (κ2) is 6.05. The van der Waals surface area contributed by atoms with Gasteiger partial charge in [-0.05, 0) is 43.5 Å². The largest absolute Gasteiger partial charge is 0.396 e. The van der Waals surface area contributed by atoms with Crippen LogP contribution in [0.5, 0.6) is 0 Å². The van der Waals surface area contributed by atoms with Crippen molar-refractivity contribution in [3.8, 4) is 0 Å². The summed E-state index contributed by atoms with van der Waals surface area (Å²) in [4.78, 5) is 15.3. The fourth-order valence-corrected chi connectivity index (χ4v) is 2.59. The van der Waals surface area contributed by atoms with Gasteiger partial charge in [-0.15, -0.1) is 11.3 Å². The lowest BCUT2D eigenvalue weighted by molar-refractivity contribution is 0.0692. The van der Waals surface area contributed by atoms with Crippen LogP contribution in [0.1, 0.15) is 29.1 Å². The summed E-state index contributed by atoms with van der Waals surface area (Å²) < 4.78 is 13.5. The average molecular weight is 292 g/mol.